The maximum Gasteiger partial charge on any atom is 0.268 e. The van der Waals surface area contributed by atoms with Crippen LogP contribution >= 0.6 is 0 Å². The van der Waals surface area contributed by atoms with Crippen LogP contribution in [0, 0.1) is 0 Å². The number of sulfonamides is 1. The zero-order valence-electron chi connectivity index (χ0n) is 15.5. The number of primary sulfonamides is 1. The van der Waals surface area contributed by atoms with Crippen molar-refractivity contribution < 1.29 is 17.9 Å². The number of carbonyl (C=O) groups is 1. The smallest absolute Gasteiger partial charge is 0.268 e. The van der Waals surface area contributed by atoms with Crippen molar-refractivity contribution in [2.24, 2.45) is 5.14 Å². The minimum absolute atomic E-state index is 0.0285. The van der Waals surface area contributed by atoms with Crippen LogP contribution in [0.4, 0.5) is 0 Å². The van der Waals surface area contributed by atoms with E-state index in [9.17, 15) is 13.2 Å². The zero-order chi connectivity index (χ0) is 19.7. The van der Waals surface area contributed by atoms with Crippen molar-refractivity contribution in [1.29, 1.82) is 0 Å². The van der Waals surface area contributed by atoms with Gasteiger partial charge in [0.15, 0.2) is 0 Å². The lowest BCUT2D eigenvalue weighted by Crippen LogP contribution is -2.46. The molecule has 2 aromatic rings. The SMILES string of the molecule is CC1(C)CC(NC(=O)c2cc(S(N)(=O)=O)cn2Cc2ccccc2)CCO1. The van der Waals surface area contributed by atoms with E-state index < -0.39 is 10.0 Å². The van der Waals surface area contributed by atoms with Gasteiger partial charge >= 0.3 is 0 Å². The number of aromatic nitrogens is 1. The van der Waals surface area contributed by atoms with Crippen LogP contribution < -0.4 is 10.5 Å². The molecule has 1 saturated heterocycles. The highest BCUT2D eigenvalue weighted by Crippen LogP contribution is 2.24. The molecule has 0 spiro atoms. The Hall–Kier alpha value is -2.16. The van der Waals surface area contributed by atoms with Crippen LogP contribution in [-0.2, 0) is 21.3 Å². The Bertz CT molecular complexity index is 920. The molecule has 0 radical (unpaired) electrons. The summed E-state index contributed by atoms with van der Waals surface area (Å²) in [7, 11) is -3.90. The van der Waals surface area contributed by atoms with E-state index in [0.29, 0.717) is 19.6 Å². The first-order valence-corrected chi connectivity index (χ1v) is 10.4. The Labute approximate surface area is 159 Å². The van der Waals surface area contributed by atoms with Gasteiger partial charge in [0.1, 0.15) is 10.6 Å². The molecule has 8 heteroatoms. The average Bonchev–Trinajstić information content (AvgIpc) is 2.99. The Morgan fingerprint density at radius 1 is 1.33 bits per heavy atom. The lowest BCUT2D eigenvalue weighted by atomic mass is 9.94. The maximum absolute atomic E-state index is 12.9. The maximum atomic E-state index is 12.9. The molecule has 1 fully saturated rings. The van der Waals surface area contributed by atoms with E-state index in [1.165, 1.54) is 12.3 Å². The quantitative estimate of drug-likeness (QED) is 0.812. The van der Waals surface area contributed by atoms with Gasteiger partial charge in [-0.05, 0) is 38.3 Å². The van der Waals surface area contributed by atoms with E-state index in [1.54, 1.807) is 4.57 Å². The van der Waals surface area contributed by atoms with Gasteiger partial charge in [-0.15, -0.1) is 0 Å². The van der Waals surface area contributed by atoms with Crippen LogP contribution in [0.1, 0.15) is 42.7 Å². The normalized spacial score (nSPS) is 19.6. The molecule has 2 heterocycles. The minimum atomic E-state index is -3.90. The van der Waals surface area contributed by atoms with Crippen molar-refractivity contribution in [3.05, 3.63) is 53.9 Å². The van der Waals surface area contributed by atoms with Gasteiger partial charge in [0.05, 0.1) is 5.60 Å². The summed E-state index contributed by atoms with van der Waals surface area (Å²) < 4.78 is 30.8. The van der Waals surface area contributed by atoms with Gasteiger partial charge in [-0.1, -0.05) is 30.3 Å². The number of nitrogens with two attached hydrogens (primary N) is 1. The first-order valence-electron chi connectivity index (χ1n) is 8.86. The van der Waals surface area contributed by atoms with Crippen molar-refractivity contribution in [2.75, 3.05) is 6.61 Å². The van der Waals surface area contributed by atoms with Gasteiger partial charge in [0.25, 0.3) is 5.91 Å². The monoisotopic (exact) mass is 391 g/mol. The summed E-state index contributed by atoms with van der Waals surface area (Å²) in [5, 5.41) is 8.27. The molecule has 1 aliphatic rings. The van der Waals surface area contributed by atoms with E-state index in [2.05, 4.69) is 5.32 Å². The highest BCUT2D eigenvalue weighted by atomic mass is 32.2. The molecule has 1 amide bonds. The van der Waals surface area contributed by atoms with Gasteiger partial charge in [-0.2, -0.15) is 0 Å². The molecule has 0 aliphatic carbocycles. The molecule has 0 bridgehead atoms. The summed E-state index contributed by atoms with van der Waals surface area (Å²) in [4.78, 5) is 12.8. The van der Waals surface area contributed by atoms with E-state index in [0.717, 1.165) is 12.0 Å². The molecule has 7 nitrogen and oxygen atoms in total. The highest BCUT2D eigenvalue weighted by molar-refractivity contribution is 7.89. The molecule has 1 unspecified atom stereocenters. The third kappa shape index (κ3) is 4.97. The lowest BCUT2D eigenvalue weighted by molar-refractivity contribution is -0.0615. The third-order valence-electron chi connectivity index (χ3n) is 4.66. The number of nitrogens with one attached hydrogen (secondary N) is 1. The molecule has 27 heavy (non-hydrogen) atoms. The second kappa shape index (κ2) is 7.46. The number of nitrogens with zero attached hydrogens (tertiary/aromatic N) is 1. The zero-order valence-corrected chi connectivity index (χ0v) is 16.3. The first kappa shape index (κ1) is 19.6. The van der Waals surface area contributed by atoms with Crippen LogP contribution in [0.2, 0.25) is 0 Å². The number of amides is 1. The molecular weight excluding hydrogens is 366 g/mol. The third-order valence-corrected chi connectivity index (χ3v) is 5.54. The molecule has 3 rings (SSSR count). The molecule has 3 N–H and O–H groups in total. The fourth-order valence-corrected chi connectivity index (χ4v) is 3.91. The Kier molecular flexibility index (Phi) is 5.41. The molecule has 0 saturated carbocycles. The second-order valence-electron chi connectivity index (χ2n) is 7.49. The van der Waals surface area contributed by atoms with Crippen LogP contribution in [0.5, 0.6) is 0 Å². The fourth-order valence-electron chi connectivity index (χ4n) is 3.35. The van der Waals surface area contributed by atoms with Crippen LogP contribution in [0.25, 0.3) is 0 Å². The summed E-state index contributed by atoms with van der Waals surface area (Å²) in [6.07, 6.45) is 2.82. The van der Waals surface area contributed by atoms with E-state index >= 15 is 0 Å². The average molecular weight is 391 g/mol. The van der Waals surface area contributed by atoms with Crippen molar-refractivity contribution in [3.63, 3.8) is 0 Å². The number of rotatable bonds is 5. The van der Waals surface area contributed by atoms with Gasteiger partial charge in [-0.25, -0.2) is 13.6 Å². The van der Waals surface area contributed by atoms with E-state index in [-0.39, 0.29) is 28.1 Å². The van der Waals surface area contributed by atoms with Crippen LogP contribution in [0.3, 0.4) is 0 Å². The number of hydrogen-bond donors (Lipinski definition) is 2. The van der Waals surface area contributed by atoms with Crippen molar-refractivity contribution >= 4 is 15.9 Å². The Morgan fingerprint density at radius 2 is 2.04 bits per heavy atom. The minimum Gasteiger partial charge on any atom is -0.375 e. The summed E-state index contributed by atoms with van der Waals surface area (Å²) >= 11 is 0. The van der Waals surface area contributed by atoms with E-state index in [1.807, 2.05) is 44.2 Å². The summed E-state index contributed by atoms with van der Waals surface area (Å²) in [6, 6.07) is 10.8. The second-order valence-corrected chi connectivity index (χ2v) is 9.05. The van der Waals surface area contributed by atoms with Gasteiger partial charge in [-0.3, -0.25) is 4.79 Å². The topological polar surface area (TPSA) is 103 Å². The molecule has 146 valence electrons. The lowest BCUT2D eigenvalue weighted by Gasteiger charge is -2.35. The highest BCUT2D eigenvalue weighted by Gasteiger charge is 2.30. The van der Waals surface area contributed by atoms with Gasteiger partial charge in [0, 0.05) is 25.4 Å². The Balaban J connectivity index is 1.86. The summed E-state index contributed by atoms with van der Waals surface area (Å²) in [5.41, 5.74) is 0.927. The summed E-state index contributed by atoms with van der Waals surface area (Å²) in [6.45, 7) is 4.93. The molecule has 1 atom stereocenters. The number of carbonyl (C=O) groups excluding carboxylic acids is 1. The van der Waals surface area contributed by atoms with Crippen molar-refractivity contribution in [2.45, 2.75) is 49.8 Å². The number of benzene rings is 1. The van der Waals surface area contributed by atoms with Crippen LogP contribution in [0.15, 0.2) is 47.5 Å². The predicted molar refractivity (Wildman–Crippen MR) is 102 cm³/mol. The fraction of sp³-hybridized carbons (Fsp3) is 0.421. The van der Waals surface area contributed by atoms with Gasteiger partial charge in [0.2, 0.25) is 10.0 Å². The first-order chi connectivity index (χ1) is 12.6. The van der Waals surface area contributed by atoms with Crippen LogP contribution in [-0.4, -0.2) is 37.1 Å². The standard InChI is InChI=1S/C19H25N3O4S/c1-19(2)11-15(8-9-26-19)21-18(23)17-10-16(27(20,24)25)13-22(17)12-14-6-4-3-5-7-14/h3-7,10,13,15H,8-9,11-12H2,1-2H3,(H,21,23)(H2,20,24,25). The molecule has 1 aliphatic heterocycles. The van der Waals surface area contributed by atoms with Gasteiger partial charge < -0.3 is 14.6 Å². The predicted octanol–water partition coefficient (Wildman–Crippen LogP) is 1.87. The molecule has 1 aromatic heterocycles. The van der Waals surface area contributed by atoms with E-state index in [4.69, 9.17) is 9.88 Å². The summed E-state index contributed by atoms with van der Waals surface area (Å²) in [5.74, 6) is -0.316. The van der Waals surface area contributed by atoms with Crippen molar-refractivity contribution in [3.8, 4) is 0 Å². The largest absolute Gasteiger partial charge is 0.375 e. The Morgan fingerprint density at radius 3 is 2.67 bits per heavy atom. The molecule has 1 aromatic carbocycles. The van der Waals surface area contributed by atoms with Crippen molar-refractivity contribution in [1.82, 2.24) is 9.88 Å². The number of ether oxygens (including phenoxy) is 1. The molecular formula is C19H25N3O4S. The number of hydrogen-bond acceptors (Lipinski definition) is 4.